The molecule has 1 aromatic heterocycles. The maximum atomic E-state index is 11.5. The van der Waals surface area contributed by atoms with Gasteiger partial charge in [-0.15, -0.1) is 0 Å². The van der Waals surface area contributed by atoms with Gasteiger partial charge in [-0.3, -0.25) is 0 Å². The molecule has 1 atom stereocenters. The van der Waals surface area contributed by atoms with Gasteiger partial charge in [0.2, 0.25) is 0 Å². The Hall–Kier alpha value is -0.680. The van der Waals surface area contributed by atoms with Crippen molar-refractivity contribution in [2.45, 2.75) is 30.9 Å². The van der Waals surface area contributed by atoms with E-state index in [1.807, 2.05) is 17.1 Å². The molecule has 0 saturated carbocycles. The maximum absolute atomic E-state index is 11.5. The number of rotatable bonds is 5. The van der Waals surface area contributed by atoms with Gasteiger partial charge in [-0.1, -0.05) is 6.42 Å². The molecule has 0 bridgehead atoms. The van der Waals surface area contributed by atoms with E-state index in [-0.39, 0.29) is 6.09 Å². The highest BCUT2D eigenvalue weighted by Crippen LogP contribution is 2.24. The van der Waals surface area contributed by atoms with Crippen molar-refractivity contribution >= 4 is 29.2 Å². The Balaban J connectivity index is 1.54. The van der Waals surface area contributed by atoms with Crippen molar-refractivity contribution in [3.05, 3.63) is 22.4 Å². The van der Waals surface area contributed by atoms with E-state index in [1.54, 1.807) is 11.3 Å². The molecule has 2 heterocycles. The van der Waals surface area contributed by atoms with Crippen LogP contribution in [0.1, 0.15) is 24.8 Å². The van der Waals surface area contributed by atoms with Gasteiger partial charge < -0.3 is 10.1 Å². The molecule has 1 aliphatic rings. The van der Waals surface area contributed by atoms with Crippen LogP contribution in [0.25, 0.3) is 0 Å². The van der Waals surface area contributed by atoms with Gasteiger partial charge in [0.15, 0.2) is 0 Å². The molecule has 100 valence electrons. The Morgan fingerprint density at radius 2 is 2.44 bits per heavy atom. The molecule has 1 unspecified atom stereocenters. The second kappa shape index (κ2) is 7.69. The predicted molar refractivity (Wildman–Crippen MR) is 77.5 cm³/mol. The molecule has 1 amide bonds. The summed E-state index contributed by atoms with van der Waals surface area (Å²) in [4.78, 5) is 11.5. The van der Waals surface area contributed by atoms with Crippen molar-refractivity contribution in [2.24, 2.45) is 0 Å². The zero-order valence-corrected chi connectivity index (χ0v) is 12.0. The van der Waals surface area contributed by atoms with Gasteiger partial charge >= 0.3 is 6.09 Å². The van der Waals surface area contributed by atoms with Crippen LogP contribution in [-0.4, -0.2) is 30.2 Å². The number of amides is 1. The van der Waals surface area contributed by atoms with Gasteiger partial charge in [-0.2, -0.15) is 23.1 Å². The summed E-state index contributed by atoms with van der Waals surface area (Å²) < 4.78 is 5.15. The molecule has 1 saturated heterocycles. The van der Waals surface area contributed by atoms with Gasteiger partial charge in [0.05, 0.1) is 6.61 Å². The average Bonchev–Trinajstić information content (AvgIpc) is 2.91. The summed E-state index contributed by atoms with van der Waals surface area (Å²) in [6.45, 7) is 1.20. The monoisotopic (exact) mass is 285 g/mol. The number of hydrogen-bond donors (Lipinski definition) is 1. The number of nitrogens with one attached hydrogen (secondary N) is 1. The van der Waals surface area contributed by atoms with E-state index in [0.29, 0.717) is 11.9 Å². The highest BCUT2D eigenvalue weighted by molar-refractivity contribution is 7.99. The molecule has 0 aromatic carbocycles. The van der Waals surface area contributed by atoms with Crippen molar-refractivity contribution in [2.75, 3.05) is 18.9 Å². The van der Waals surface area contributed by atoms with Crippen LogP contribution in [0.5, 0.6) is 0 Å². The minimum absolute atomic E-state index is 0.281. The molecule has 0 aliphatic carbocycles. The van der Waals surface area contributed by atoms with Crippen LogP contribution in [-0.2, 0) is 11.2 Å². The minimum Gasteiger partial charge on any atom is -0.449 e. The quantitative estimate of drug-likeness (QED) is 0.902. The third kappa shape index (κ3) is 4.90. The van der Waals surface area contributed by atoms with Crippen LogP contribution in [0.2, 0.25) is 0 Å². The highest BCUT2D eigenvalue weighted by Gasteiger charge is 2.14. The van der Waals surface area contributed by atoms with E-state index in [9.17, 15) is 4.79 Å². The summed E-state index contributed by atoms with van der Waals surface area (Å²) in [5.41, 5.74) is 1.23. The summed E-state index contributed by atoms with van der Waals surface area (Å²) in [6, 6.07) is 2.06. The zero-order valence-electron chi connectivity index (χ0n) is 10.4. The van der Waals surface area contributed by atoms with Crippen molar-refractivity contribution in [3.63, 3.8) is 0 Å². The van der Waals surface area contributed by atoms with Crippen molar-refractivity contribution < 1.29 is 9.53 Å². The Morgan fingerprint density at radius 3 is 3.17 bits per heavy atom. The fraction of sp³-hybridized carbons (Fsp3) is 0.615. The first-order valence-electron chi connectivity index (χ1n) is 6.38. The zero-order chi connectivity index (χ0) is 12.6. The Morgan fingerprint density at radius 1 is 1.50 bits per heavy atom. The second-order valence-corrected chi connectivity index (χ2v) is 6.58. The van der Waals surface area contributed by atoms with E-state index in [0.717, 1.165) is 13.0 Å². The first kappa shape index (κ1) is 13.7. The van der Waals surface area contributed by atoms with Crippen LogP contribution in [0, 0.1) is 0 Å². The number of hydrogen-bond acceptors (Lipinski definition) is 4. The summed E-state index contributed by atoms with van der Waals surface area (Å²) in [5.74, 6) is 1.22. The molecule has 2 rings (SSSR count). The maximum Gasteiger partial charge on any atom is 0.407 e. The van der Waals surface area contributed by atoms with Gasteiger partial charge in [0.25, 0.3) is 0 Å². The van der Waals surface area contributed by atoms with Gasteiger partial charge in [-0.05, 0) is 41.0 Å². The number of alkyl carbamates (subject to hydrolysis) is 1. The third-order valence-electron chi connectivity index (χ3n) is 2.95. The highest BCUT2D eigenvalue weighted by atomic mass is 32.2. The van der Waals surface area contributed by atoms with Crippen molar-refractivity contribution in [1.82, 2.24) is 5.32 Å². The fourth-order valence-corrected chi connectivity index (χ4v) is 3.85. The van der Waals surface area contributed by atoms with E-state index >= 15 is 0 Å². The van der Waals surface area contributed by atoms with Gasteiger partial charge in [-0.25, -0.2) is 4.79 Å². The van der Waals surface area contributed by atoms with E-state index in [4.69, 9.17) is 4.74 Å². The third-order valence-corrected chi connectivity index (χ3v) is 5.08. The standard InChI is InChI=1S/C13H19NO2S2/c15-13(14-9-12-3-1-2-7-18-12)16-6-4-11-5-8-17-10-11/h5,8,10,12H,1-4,6-7,9H2,(H,14,15). The molecule has 0 spiro atoms. The molecule has 1 aliphatic heterocycles. The fourth-order valence-electron chi connectivity index (χ4n) is 1.91. The average molecular weight is 285 g/mol. The minimum atomic E-state index is -0.281. The number of carbonyl (C=O) groups is 1. The summed E-state index contributed by atoms with van der Waals surface area (Å²) in [6.07, 6.45) is 4.32. The Bertz CT molecular complexity index is 348. The lowest BCUT2D eigenvalue weighted by Crippen LogP contribution is -2.32. The van der Waals surface area contributed by atoms with Crippen molar-refractivity contribution in [3.8, 4) is 0 Å². The normalized spacial score (nSPS) is 19.4. The summed E-state index contributed by atoms with van der Waals surface area (Å²) in [5, 5.41) is 7.55. The molecule has 5 heteroatoms. The lowest BCUT2D eigenvalue weighted by atomic mass is 10.2. The largest absolute Gasteiger partial charge is 0.449 e. The predicted octanol–water partition coefficient (Wildman–Crippen LogP) is 3.30. The molecule has 1 N–H and O–H groups in total. The van der Waals surface area contributed by atoms with Crippen molar-refractivity contribution in [1.29, 1.82) is 0 Å². The molecule has 3 nitrogen and oxygen atoms in total. The Labute approximate surface area is 116 Å². The van der Waals surface area contributed by atoms with Crippen LogP contribution < -0.4 is 5.32 Å². The number of ether oxygens (including phenoxy) is 1. The van der Waals surface area contributed by atoms with Gasteiger partial charge in [0, 0.05) is 18.2 Å². The lowest BCUT2D eigenvalue weighted by Gasteiger charge is -2.21. The van der Waals surface area contributed by atoms with Crippen LogP contribution in [0.3, 0.4) is 0 Å². The molecular weight excluding hydrogens is 266 g/mol. The molecule has 0 radical (unpaired) electrons. The summed E-state index contributed by atoms with van der Waals surface area (Å²) in [7, 11) is 0. The topological polar surface area (TPSA) is 38.3 Å². The van der Waals surface area contributed by atoms with E-state index in [1.165, 1.54) is 30.6 Å². The SMILES string of the molecule is O=C(NCC1CCCCS1)OCCc1ccsc1. The molecule has 1 fully saturated rings. The number of thioether (sulfide) groups is 1. The Kier molecular flexibility index (Phi) is 5.87. The molecule has 1 aromatic rings. The van der Waals surface area contributed by atoms with Crippen LogP contribution in [0.15, 0.2) is 16.8 Å². The summed E-state index contributed by atoms with van der Waals surface area (Å²) >= 11 is 3.63. The first-order valence-corrected chi connectivity index (χ1v) is 8.37. The van der Waals surface area contributed by atoms with Crippen LogP contribution in [0.4, 0.5) is 4.79 Å². The number of thiophene rings is 1. The smallest absolute Gasteiger partial charge is 0.407 e. The van der Waals surface area contributed by atoms with Gasteiger partial charge in [0.1, 0.15) is 0 Å². The molecular formula is C13H19NO2S2. The van der Waals surface area contributed by atoms with E-state index in [2.05, 4.69) is 16.8 Å². The lowest BCUT2D eigenvalue weighted by molar-refractivity contribution is 0.147. The second-order valence-electron chi connectivity index (χ2n) is 4.39. The first-order chi connectivity index (χ1) is 8.84. The molecule has 18 heavy (non-hydrogen) atoms. The number of carbonyl (C=O) groups excluding carboxylic acids is 1. The van der Waals surface area contributed by atoms with Crippen LogP contribution >= 0.6 is 23.1 Å². The van der Waals surface area contributed by atoms with E-state index < -0.39 is 0 Å².